The minimum Gasteiger partial charge on any atom is -0.394 e. The van der Waals surface area contributed by atoms with Crippen molar-refractivity contribution in [2.45, 2.75) is 270 Å². The molecular weight excluding hydrogens is 679 g/mol. The second-order valence-corrected chi connectivity index (χ2v) is 16.7. The van der Waals surface area contributed by atoms with E-state index in [1.807, 2.05) is 6.08 Å². The largest absolute Gasteiger partial charge is 0.394 e. The third-order valence-electron chi connectivity index (χ3n) is 11.2. The highest BCUT2D eigenvalue weighted by Crippen LogP contribution is 2.15. The van der Waals surface area contributed by atoms with Crippen LogP contribution in [0.2, 0.25) is 0 Å². The lowest BCUT2D eigenvalue weighted by Crippen LogP contribution is -2.48. The Hall–Kier alpha value is -1.43. The predicted molar refractivity (Wildman–Crippen MR) is 241 cm³/mol. The van der Waals surface area contributed by atoms with Crippen molar-refractivity contribution in [2.75, 3.05) is 6.61 Å². The Kier molecular flexibility index (Phi) is 44.1. The third-order valence-corrected chi connectivity index (χ3v) is 11.2. The van der Waals surface area contributed by atoms with Gasteiger partial charge in [0.1, 0.15) is 6.10 Å². The molecule has 0 aromatic rings. The number of aliphatic hydroxyl groups is 3. The fourth-order valence-electron chi connectivity index (χ4n) is 7.39. The first kappa shape index (κ1) is 53.6. The number of allylic oxidation sites excluding steroid dienone is 5. The molecule has 0 fully saturated rings. The molecular formula is C50H95NO4. The van der Waals surface area contributed by atoms with Crippen LogP contribution in [-0.2, 0) is 4.79 Å². The van der Waals surface area contributed by atoms with Crippen LogP contribution >= 0.6 is 0 Å². The molecule has 0 rings (SSSR count). The molecule has 0 bridgehead atoms. The van der Waals surface area contributed by atoms with E-state index >= 15 is 0 Å². The fourth-order valence-corrected chi connectivity index (χ4v) is 7.39. The number of rotatable bonds is 44. The van der Waals surface area contributed by atoms with E-state index in [1.54, 1.807) is 6.08 Å². The number of hydrogen-bond acceptors (Lipinski definition) is 4. The molecule has 0 radical (unpaired) electrons. The topological polar surface area (TPSA) is 89.8 Å². The van der Waals surface area contributed by atoms with Gasteiger partial charge in [0.05, 0.1) is 18.8 Å². The van der Waals surface area contributed by atoms with Gasteiger partial charge in [-0.05, 0) is 51.4 Å². The summed E-state index contributed by atoms with van der Waals surface area (Å²) in [4.78, 5) is 12.5. The Morgan fingerprint density at radius 2 is 0.782 bits per heavy atom. The first-order chi connectivity index (χ1) is 27.1. The second kappa shape index (κ2) is 45.3. The normalized spacial score (nSPS) is 13.8. The molecule has 0 aromatic heterocycles. The maximum Gasteiger partial charge on any atom is 0.249 e. The van der Waals surface area contributed by atoms with Crippen molar-refractivity contribution in [3.63, 3.8) is 0 Å². The molecule has 5 heteroatoms. The fraction of sp³-hybridized carbons (Fsp3) is 0.860. The van der Waals surface area contributed by atoms with Crippen LogP contribution in [0, 0.1) is 0 Å². The molecule has 0 heterocycles. The van der Waals surface area contributed by atoms with E-state index in [4.69, 9.17) is 0 Å². The highest BCUT2D eigenvalue weighted by Gasteiger charge is 2.22. The molecule has 0 saturated carbocycles. The number of carbonyl (C=O) groups excluding carboxylic acids is 1. The van der Waals surface area contributed by atoms with Crippen LogP contribution in [0.25, 0.3) is 0 Å². The van der Waals surface area contributed by atoms with Crippen LogP contribution in [0.15, 0.2) is 36.5 Å². The quantitative estimate of drug-likeness (QED) is 0.0367. The lowest BCUT2D eigenvalue weighted by Gasteiger charge is -2.21. The van der Waals surface area contributed by atoms with Crippen LogP contribution in [0.4, 0.5) is 0 Å². The summed E-state index contributed by atoms with van der Waals surface area (Å²) in [6, 6.07) is -0.800. The summed E-state index contributed by atoms with van der Waals surface area (Å²) in [7, 11) is 0. The van der Waals surface area contributed by atoms with Gasteiger partial charge in [0.25, 0.3) is 0 Å². The second-order valence-electron chi connectivity index (χ2n) is 16.7. The van der Waals surface area contributed by atoms with E-state index in [2.05, 4.69) is 43.5 Å². The molecule has 1 amide bonds. The van der Waals surface area contributed by atoms with Gasteiger partial charge in [-0.15, -0.1) is 0 Å². The Morgan fingerprint density at radius 3 is 1.15 bits per heavy atom. The monoisotopic (exact) mass is 774 g/mol. The average molecular weight is 774 g/mol. The molecule has 324 valence electrons. The minimum atomic E-state index is -1.10. The van der Waals surface area contributed by atoms with Crippen LogP contribution in [-0.4, -0.2) is 46.1 Å². The molecule has 0 aliphatic heterocycles. The summed E-state index contributed by atoms with van der Waals surface area (Å²) in [5.41, 5.74) is 0. The Bertz CT molecular complexity index is 855. The molecule has 55 heavy (non-hydrogen) atoms. The van der Waals surface area contributed by atoms with Crippen molar-refractivity contribution in [2.24, 2.45) is 0 Å². The molecule has 4 N–H and O–H groups in total. The highest BCUT2D eigenvalue weighted by atomic mass is 16.3. The Balaban J connectivity index is 3.65. The van der Waals surface area contributed by atoms with Gasteiger partial charge in [-0.25, -0.2) is 0 Å². The van der Waals surface area contributed by atoms with Gasteiger partial charge in [-0.2, -0.15) is 0 Å². The average Bonchev–Trinajstić information content (AvgIpc) is 3.19. The third kappa shape index (κ3) is 40.6. The molecule has 5 nitrogen and oxygen atoms in total. The van der Waals surface area contributed by atoms with Crippen LogP contribution in [0.5, 0.6) is 0 Å². The maximum absolute atomic E-state index is 12.5. The number of nitrogens with one attached hydrogen (secondary N) is 1. The van der Waals surface area contributed by atoms with Gasteiger partial charge in [-0.1, -0.05) is 237 Å². The molecule has 3 unspecified atom stereocenters. The van der Waals surface area contributed by atoms with E-state index < -0.39 is 24.2 Å². The SMILES string of the molecule is CCCCCCCCCCC/C=C\C/C=C\CCCCCCCCCCC(O)C(=O)NC(CO)C(O)/C=C/CCCCCCCCCCCCCCCCC. The first-order valence-electron chi connectivity index (χ1n) is 24.3. The van der Waals surface area contributed by atoms with Gasteiger partial charge >= 0.3 is 0 Å². The van der Waals surface area contributed by atoms with Crippen molar-refractivity contribution in [1.29, 1.82) is 0 Å². The zero-order chi connectivity index (χ0) is 40.1. The lowest BCUT2D eigenvalue weighted by molar-refractivity contribution is -0.131. The van der Waals surface area contributed by atoms with Crippen molar-refractivity contribution in [3.8, 4) is 0 Å². The smallest absolute Gasteiger partial charge is 0.249 e. The van der Waals surface area contributed by atoms with Gasteiger partial charge in [0.2, 0.25) is 5.91 Å². The summed E-state index contributed by atoms with van der Waals surface area (Å²) in [5.74, 6) is -0.506. The first-order valence-corrected chi connectivity index (χ1v) is 24.3. The summed E-state index contributed by atoms with van der Waals surface area (Å²) in [6.07, 6.45) is 57.6. The van der Waals surface area contributed by atoms with Crippen molar-refractivity contribution >= 4 is 5.91 Å². The van der Waals surface area contributed by atoms with Gasteiger partial charge in [-0.3, -0.25) is 4.79 Å². The van der Waals surface area contributed by atoms with Crippen molar-refractivity contribution in [3.05, 3.63) is 36.5 Å². The van der Waals surface area contributed by atoms with E-state index in [-0.39, 0.29) is 6.61 Å². The van der Waals surface area contributed by atoms with Crippen LogP contribution < -0.4 is 5.32 Å². The summed E-state index contributed by atoms with van der Waals surface area (Å²) in [5, 5.41) is 33.2. The molecule has 0 aliphatic rings. The zero-order valence-corrected chi connectivity index (χ0v) is 36.8. The summed E-state index contributed by atoms with van der Waals surface area (Å²) in [6.45, 7) is 4.19. The Morgan fingerprint density at radius 1 is 0.455 bits per heavy atom. The van der Waals surface area contributed by atoms with Crippen molar-refractivity contribution in [1.82, 2.24) is 5.32 Å². The lowest BCUT2D eigenvalue weighted by atomic mass is 10.0. The van der Waals surface area contributed by atoms with Crippen molar-refractivity contribution < 1.29 is 20.1 Å². The van der Waals surface area contributed by atoms with Gasteiger partial charge in [0, 0.05) is 0 Å². The molecule has 3 atom stereocenters. The highest BCUT2D eigenvalue weighted by molar-refractivity contribution is 5.80. The number of unbranched alkanes of at least 4 members (excludes halogenated alkanes) is 32. The van der Waals surface area contributed by atoms with Crippen LogP contribution in [0.1, 0.15) is 251 Å². The number of hydrogen-bond donors (Lipinski definition) is 4. The number of aliphatic hydroxyl groups excluding tert-OH is 3. The molecule has 0 spiro atoms. The molecule has 0 aromatic carbocycles. The molecule has 0 aliphatic carbocycles. The van der Waals surface area contributed by atoms with Crippen LogP contribution in [0.3, 0.4) is 0 Å². The summed E-state index contributed by atoms with van der Waals surface area (Å²) >= 11 is 0. The molecule has 0 saturated heterocycles. The summed E-state index contributed by atoms with van der Waals surface area (Å²) < 4.78 is 0. The van der Waals surface area contributed by atoms with E-state index in [0.717, 1.165) is 38.5 Å². The number of carbonyl (C=O) groups is 1. The number of amides is 1. The maximum atomic E-state index is 12.5. The predicted octanol–water partition coefficient (Wildman–Crippen LogP) is 14.3. The van der Waals surface area contributed by atoms with E-state index in [1.165, 1.54) is 193 Å². The zero-order valence-electron chi connectivity index (χ0n) is 36.8. The Labute approximate surface area is 343 Å². The van der Waals surface area contributed by atoms with Gasteiger partial charge < -0.3 is 20.6 Å². The van der Waals surface area contributed by atoms with E-state index in [0.29, 0.717) is 6.42 Å². The minimum absolute atomic E-state index is 0.365. The van der Waals surface area contributed by atoms with E-state index in [9.17, 15) is 20.1 Å². The standard InChI is InChI=1S/C50H95NO4/c1-3-5-7-9-11-13-15-17-19-21-22-23-24-25-26-27-29-31-33-35-37-39-41-43-45-49(54)50(55)51-47(46-52)48(53)44-42-40-38-36-34-32-30-28-20-18-16-14-12-10-8-6-4-2/h22-23,25-26,42,44,47-49,52-54H,3-21,24,27-41,43,45-46H2,1-2H3,(H,51,55)/b23-22-,26-25-,44-42+. The van der Waals surface area contributed by atoms with Gasteiger partial charge in [0.15, 0.2) is 0 Å².